The highest BCUT2D eigenvalue weighted by Crippen LogP contribution is 2.31. The zero-order valence-electron chi connectivity index (χ0n) is 5.47. The van der Waals surface area contributed by atoms with Crippen molar-refractivity contribution < 1.29 is 5.11 Å². The lowest BCUT2D eigenvalue weighted by molar-refractivity contribution is 0.462. The number of halogens is 1. The van der Waals surface area contributed by atoms with Gasteiger partial charge >= 0.3 is 0 Å². The first-order valence-electron chi connectivity index (χ1n) is 2.82. The third-order valence-corrected chi connectivity index (χ3v) is 2.19. The van der Waals surface area contributed by atoms with E-state index in [1.807, 2.05) is 19.1 Å². The Hall–Kier alpha value is -0.340. The molecule has 0 heterocycles. The molecule has 1 rings (SSSR count). The van der Waals surface area contributed by atoms with Crippen LogP contribution in [-0.4, -0.2) is 5.11 Å². The van der Waals surface area contributed by atoms with Gasteiger partial charge in [-0.25, -0.2) is 0 Å². The van der Waals surface area contributed by atoms with Gasteiger partial charge in [-0.05, 0) is 46.3 Å². The summed E-state index contributed by atoms with van der Waals surface area (Å²) in [5.41, 5.74) is 1.10. The molecule has 0 amide bonds. The number of aryl methyl sites for hydroxylation is 1. The third-order valence-electron chi connectivity index (χ3n) is 1.20. The van der Waals surface area contributed by atoms with Crippen LogP contribution in [0.25, 0.3) is 0 Å². The molecule has 3 heteroatoms. The van der Waals surface area contributed by atoms with Crippen LogP contribution in [0.2, 0.25) is 0 Å². The molecule has 0 bridgehead atoms. The molecule has 1 aromatic carbocycles. The number of benzene rings is 1. The third kappa shape index (κ3) is 1.58. The number of phenolic OH excluding ortho intramolecular Hbond substituents is 1. The van der Waals surface area contributed by atoms with Crippen molar-refractivity contribution in [2.45, 2.75) is 11.8 Å². The molecule has 0 aromatic heterocycles. The van der Waals surface area contributed by atoms with Crippen molar-refractivity contribution in [3.05, 3.63) is 23.8 Å². The van der Waals surface area contributed by atoms with Crippen molar-refractivity contribution in [2.24, 2.45) is 0 Å². The van der Waals surface area contributed by atoms with Gasteiger partial charge in [-0.15, -0.1) is 0 Å². The van der Waals surface area contributed by atoms with Gasteiger partial charge in [0.1, 0.15) is 5.75 Å². The van der Waals surface area contributed by atoms with Gasteiger partial charge in [0.25, 0.3) is 0 Å². The number of rotatable bonds is 1. The quantitative estimate of drug-likeness (QED) is 0.707. The van der Waals surface area contributed by atoms with Crippen LogP contribution in [0.5, 0.6) is 5.75 Å². The molecule has 0 unspecified atom stereocenters. The van der Waals surface area contributed by atoms with Crippen LogP contribution >= 0.6 is 21.7 Å². The maximum absolute atomic E-state index is 9.13. The van der Waals surface area contributed by atoms with Gasteiger partial charge in [0.15, 0.2) is 0 Å². The highest BCUT2D eigenvalue weighted by molar-refractivity contribution is 8.21. The Bertz CT molecular complexity index is 237. The predicted octanol–water partition coefficient (Wildman–Crippen LogP) is 2.95. The van der Waals surface area contributed by atoms with Crippen LogP contribution < -0.4 is 0 Å². The maximum Gasteiger partial charge on any atom is 0.130 e. The Morgan fingerprint density at radius 2 is 2.20 bits per heavy atom. The van der Waals surface area contributed by atoms with E-state index in [0.717, 1.165) is 16.5 Å². The minimum Gasteiger partial charge on any atom is -0.507 e. The average molecular weight is 175 g/mol. The Morgan fingerprint density at radius 1 is 1.50 bits per heavy atom. The van der Waals surface area contributed by atoms with Crippen LogP contribution in [0, 0.1) is 6.92 Å². The van der Waals surface area contributed by atoms with Crippen LogP contribution in [0.15, 0.2) is 23.1 Å². The molecule has 0 fully saturated rings. The Kier molecular flexibility index (Phi) is 2.46. The molecule has 1 nitrogen and oxygen atoms in total. The first-order valence-corrected chi connectivity index (χ1v) is 4.46. The van der Waals surface area contributed by atoms with Crippen molar-refractivity contribution in [3.63, 3.8) is 0 Å². The highest BCUT2D eigenvalue weighted by atomic mass is 35.7. The minimum absolute atomic E-state index is 0.241. The van der Waals surface area contributed by atoms with Crippen LogP contribution in [-0.2, 0) is 0 Å². The van der Waals surface area contributed by atoms with Crippen LogP contribution in [0.4, 0.5) is 0 Å². The summed E-state index contributed by atoms with van der Waals surface area (Å²) in [4.78, 5) is 0.710. The van der Waals surface area contributed by atoms with Crippen molar-refractivity contribution >= 4 is 21.7 Å². The van der Waals surface area contributed by atoms with Gasteiger partial charge in [0.2, 0.25) is 0 Å². The summed E-state index contributed by atoms with van der Waals surface area (Å²) in [7, 11) is 6.49. The number of hydrogen-bond donors (Lipinski definition) is 1. The fraction of sp³-hybridized carbons (Fsp3) is 0.143. The minimum atomic E-state index is 0.241. The molecule has 0 radical (unpaired) electrons. The normalized spacial score (nSPS) is 9.80. The first-order chi connectivity index (χ1) is 4.74. The van der Waals surface area contributed by atoms with E-state index in [1.54, 1.807) is 6.07 Å². The van der Waals surface area contributed by atoms with Gasteiger partial charge in [-0.1, -0.05) is 6.07 Å². The lowest BCUT2D eigenvalue weighted by atomic mass is 10.2. The van der Waals surface area contributed by atoms with Gasteiger partial charge in [0.05, 0.1) is 4.90 Å². The topological polar surface area (TPSA) is 20.2 Å². The SMILES string of the molecule is Cc1ccc(O)c(SCl)c1. The summed E-state index contributed by atoms with van der Waals surface area (Å²) in [5, 5.41) is 9.13. The van der Waals surface area contributed by atoms with E-state index in [2.05, 4.69) is 0 Å². The van der Waals surface area contributed by atoms with Gasteiger partial charge in [0, 0.05) is 0 Å². The number of aromatic hydroxyl groups is 1. The maximum atomic E-state index is 9.13. The lowest BCUT2D eigenvalue weighted by Gasteiger charge is -1.98. The molecular formula is C7H7ClOS. The second-order valence-electron chi connectivity index (χ2n) is 2.05. The standard InChI is InChI=1S/C7H7ClOS/c1-5-2-3-6(9)7(4-5)10-8/h2-4,9H,1H3. The van der Waals surface area contributed by atoms with E-state index < -0.39 is 0 Å². The van der Waals surface area contributed by atoms with Crippen LogP contribution in [0.3, 0.4) is 0 Å². The average Bonchev–Trinajstić information content (AvgIpc) is 1.94. The van der Waals surface area contributed by atoms with Crippen molar-refractivity contribution in [2.75, 3.05) is 0 Å². The number of hydrogen-bond acceptors (Lipinski definition) is 2. The van der Waals surface area contributed by atoms with Crippen molar-refractivity contribution in [1.29, 1.82) is 0 Å². The smallest absolute Gasteiger partial charge is 0.130 e. The molecule has 1 aromatic rings. The van der Waals surface area contributed by atoms with Crippen molar-refractivity contribution in [1.82, 2.24) is 0 Å². The molecule has 0 aliphatic heterocycles. The Labute approximate surface area is 68.5 Å². The molecule has 0 saturated heterocycles. The van der Waals surface area contributed by atoms with E-state index in [4.69, 9.17) is 15.8 Å². The summed E-state index contributed by atoms with van der Waals surface area (Å²) in [6.07, 6.45) is 0. The van der Waals surface area contributed by atoms with Gasteiger partial charge in [-0.3, -0.25) is 0 Å². The summed E-state index contributed by atoms with van der Waals surface area (Å²) in [6.45, 7) is 1.95. The largest absolute Gasteiger partial charge is 0.507 e. The monoisotopic (exact) mass is 174 g/mol. The van der Waals surface area contributed by atoms with Crippen molar-refractivity contribution in [3.8, 4) is 5.75 Å². The molecule has 0 atom stereocenters. The number of phenols is 1. The van der Waals surface area contributed by atoms with E-state index >= 15 is 0 Å². The van der Waals surface area contributed by atoms with E-state index in [1.165, 1.54) is 0 Å². The molecule has 10 heavy (non-hydrogen) atoms. The highest BCUT2D eigenvalue weighted by Gasteiger charge is 1.98. The van der Waals surface area contributed by atoms with E-state index in [9.17, 15) is 0 Å². The molecule has 0 aliphatic rings. The fourth-order valence-corrected chi connectivity index (χ4v) is 1.43. The zero-order chi connectivity index (χ0) is 7.56. The predicted molar refractivity (Wildman–Crippen MR) is 44.6 cm³/mol. The van der Waals surface area contributed by atoms with Gasteiger partial charge < -0.3 is 5.11 Å². The molecular weight excluding hydrogens is 168 g/mol. The summed E-state index contributed by atoms with van der Waals surface area (Å²) >= 11 is 0. The first kappa shape index (κ1) is 7.76. The Balaban J connectivity index is 3.09. The fourth-order valence-electron chi connectivity index (χ4n) is 0.683. The summed E-state index contributed by atoms with van der Waals surface area (Å²) in [5.74, 6) is 0.241. The molecule has 0 saturated carbocycles. The van der Waals surface area contributed by atoms with E-state index in [0.29, 0.717) is 4.90 Å². The van der Waals surface area contributed by atoms with Crippen LogP contribution in [0.1, 0.15) is 5.56 Å². The summed E-state index contributed by atoms with van der Waals surface area (Å²) < 4.78 is 0. The second kappa shape index (κ2) is 3.17. The molecule has 1 N–H and O–H groups in total. The zero-order valence-corrected chi connectivity index (χ0v) is 7.04. The summed E-state index contributed by atoms with van der Waals surface area (Å²) in [6, 6.07) is 5.32. The van der Waals surface area contributed by atoms with E-state index in [-0.39, 0.29) is 5.75 Å². The van der Waals surface area contributed by atoms with Gasteiger partial charge in [-0.2, -0.15) is 0 Å². The second-order valence-corrected chi connectivity index (χ2v) is 3.11. The molecule has 0 aliphatic carbocycles. The molecule has 0 spiro atoms. The Morgan fingerprint density at radius 3 is 2.70 bits per heavy atom. The molecule has 54 valence electrons. The lowest BCUT2D eigenvalue weighted by Crippen LogP contribution is -1.73.